The van der Waals surface area contributed by atoms with Gasteiger partial charge in [-0.1, -0.05) is 66.0 Å². The fraction of sp³-hybridized carbons (Fsp3) is 0.929. The smallest absolute Gasteiger partial charge is 0.0577 e. The second-order valence-electron chi connectivity index (χ2n) is 12.7. The van der Waals surface area contributed by atoms with E-state index in [9.17, 15) is 5.11 Å². The van der Waals surface area contributed by atoms with Crippen LogP contribution in [0.5, 0.6) is 0 Å². The van der Waals surface area contributed by atoms with Gasteiger partial charge in [0.05, 0.1) is 6.10 Å². The van der Waals surface area contributed by atoms with Crippen molar-refractivity contribution in [3.8, 4) is 0 Å². The molecule has 4 aliphatic rings. The number of hydrogen-bond donors (Lipinski definition) is 1. The van der Waals surface area contributed by atoms with E-state index in [4.69, 9.17) is 0 Å². The molecule has 0 aromatic rings. The lowest BCUT2D eigenvalue weighted by Gasteiger charge is -2.58. The van der Waals surface area contributed by atoms with Crippen molar-refractivity contribution in [3.63, 3.8) is 0 Å². The van der Waals surface area contributed by atoms with Crippen molar-refractivity contribution in [2.24, 2.45) is 52.3 Å². The fourth-order valence-corrected chi connectivity index (χ4v) is 8.68. The first-order valence-corrected chi connectivity index (χ1v) is 13.0. The van der Waals surface area contributed by atoms with Gasteiger partial charge in [0.25, 0.3) is 0 Å². The molecule has 0 heterocycles. The van der Waals surface area contributed by atoms with Crippen LogP contribution in [0.1, 0.15) is 106 Å². The average Bonchev–Trinajstić information content (AvgIpc) is 3.03. The second-order valence-corrected chi connectivity index (χ2v) is 12.7. The van der Waals surface area contributed by atoms with Crippen molar-refractivity contribution in [3.05, 3.63) is 11.6 Å². The number of hydrogen-bond acceptors (Lipinski definition) is 1. The third-order valence-electron chi connectivity index (χ3n) is 11.1. The molecule has 4 aliphatic carbocycles. The molecule has 1 nitrogen and oxygen atoms in total. The van der Waals surface area contributed by atoms with Gasteiger partial charge in [-0.25, -0.2) is 0 Å². The topological polar surface area (TPSA) is 20.2 Å². The summed E-state index contributed by atoms with van der Waals surface area (Å²) in [4.78, 5) is 0. The molecule has 1 heteroatoms. The Morgan fingerprint density at radius 1 is 0.966 bits per heavy atom. The molecule has 4 rings (SSSR count). The summed E-state index contributed by atoms with van der Waals surface area (Å²) in [5.41, 5.74) is 2.59. The first-order valence-electron chi connectivity index (χ1n) is 13.0. The van der Waals surface area contributed by atoms with Crippen LogP contribution in [0.3, 0.4) is 0 Å². The van der Waals surface area contributed by atoms with Gasteiger partial charge >= 0.3 is 0 Å². The van der Waals surface area contributed by atoms with E-state index in [-0.39, 0.29) is 6.10 Å². The molecule has 0 amide bonds. The zero-order chi connectivity index (χ0) is 21.0. The van der Waals surface area contributed by atoms with Gasteiger partial charge in [-0.2, -0.15) is 0 Å². The Hall–Kier alpha value is -0.300. The summed E-state index contributed by atoms with van der Waals surface area (Å²) in [6, 6.07) is 0. The molecule has 9 atom stereocenters. The van der Waals surface area contributed by atoms with Crippen molar-refractivity contribution in [2.45, 2.75) is 112 Å². The highest BCUT2D eigenvalue weighted by Crippen LogP contribution is 2.67. The number of aliphatic hydroxyl groups is 1. The molecule has 3 fully saturated rings. The van der Waals surface area contributed by atoms with E-state index < -0.39 is 0 Å². The summed E-state index contributed by atoms with van der Waals surface area (Å²) in [6.45, 7) is 15.1. The van der Waals surface area contributed by atoms with Gasteiger partial charge < -0.3 is 5.11 Å². The molecule has 0 spiro atoms. The minimum Gasteiger partial charge on any atom is -0.393 e. The molecule has 0 radical (unpaired) electrons. The Morgan fingerprint density at radius 3 is 2.45 bits per heavy atom. The van der Waals surface area contributed by atoms with E-state index in [1.807, 2.05) is 0 Å². The van der Waals surface area contributed by atoms with Crippen LogP contribution in [0, 0.1) is 52.3 Å². The van der Waals surface area contributed by atoms with E-state index in [1.54, 1.807) is 5.57 Å². The molecular weight excluding hydrogens is 352 g/mol. The van der Waals surface area contributed by atoms with Crippen LogP contribution in [0.2, 0.25) is 0 Å². The van der Waals surface area contributed by atoms with Crippen molar-refractivity contribution in [2.75, 3.05) is 0 Å². The molecular formula is C28H48O. The van der Waals surface area contributed by atoms with Crippen LogP contribution in [0.4, 0.5) is 0 Å². The number of fused-ring (bicyclic) bond motifs is 5. The standard InChI is InChI=1S/C28H48O/c1-18(2)19(3)7-8-20(4)24-11-12-25-23-10-9-21-17-22(29)13-15-27(21,5)26(23)14-16-28(24,25)6/h9,18-20,22-26,29H,7-8,10-17H2,1-6H3/t19-,20+,22+,23+,24+,25-,26-,27+,28-/m1/s1. The zero-order valence-corrected chi connectivity index (χ0v) is 20.2. The van der Waals surface area contributed by atoms with Crippen molar-refractivity contribution in [1.29, 1.82) is 0 Å². The van der Waals surface area contributed by atoms with Gasteiger partial charge in [-0.05, 0) is 104 Å². The maximum Gasteiger partial charge on any atom is 0.0577 e. The van der Waals surface area contributed by atoms with E-state index in [1.165, 1.54) is 51.4 Å². The predicted octanol–water partition coefficient (Wildman–Crippen LogP) is 7.63. The summed E-state index contributed by atoms with van der Waals surface area (Å²) in [5, 5.41) is 10.2. The highest BCUT2D eigenvalue weighted by atomic mass is 16.3. The maximum absolute atomic E-state index is 10.2. The summed E-state index contributed by atoms with van der Waals surface area (Å²) >= 11 is 0. The third-order valence-corrected chi connectivity index (χ3v) is 11.1. The Kier molecular flexibility index (Phi) is 6.04. The quantitative estimate of drug-likeness (QED) is 0.470. The average molecular weight is 401 g/mol. The SMILES string of the molecule is CC(C)[C@H](C)CC[C@H](C)[C@@H]1CC[C@@H]2[C@@H]3CC=C4C[C@@H](O)CC[C@]4(C)[C@@H]3CC[C@@]21C. The first-order chi connectivity index (χ1) is 13.7. The molecule has 0 saturated heterocycles. The minimum atomic E-state index is -0.0790. The van der Waals surface area contributed by atoms with Crippen LogP contribution < -0.4 is 0 Å². The number of aliphatic hydroxyl groups excluding tert-OH is 1. The third kappa shape index (κ3) is 3.66. The van der Waals surface area contributed by atoms with Gasteiger partial charge in [0.2, 0.25) is 0 Å². The van der Waals surface area contributed by atoms with Crippen LogP contribution >= 0.6 is 0 Å². The molecule has 0 bridgehead atoms. The Balaban J connectivity index is 1.49. The first kappa shape index (κ1) is 21.9. The summed E-state index contributed by atoms with van der Waals surface area (Å²) < 4.78 is 0. The van der Waals surface area contributed by atoms with E-state index >= 15 is 0 Å². The van der Waals surface area contributed by atoms with Gasteiger partial charge in [0.1, 0.15) is 0 Å². The molecule has 0 unspecified atom stereocenters. The number of allylic oxidation sites excluding steroid dienone is 1. The largest absolute Gasteiger partial charge is 0.393 e. The van der Waals surface area contributed by atoms with Crippen molar-refractivity contribution >= 4 is 0 Å². The van der Waals surface area contributed by atoms with Crippen molar-refractivity contribution in [1.82, 2.24) is 0 Å². The lowest BCUT2D eigenvalue weighted by Crippen LogP contribution is -2.50. The lowest BCUT2D eigenvalue weighted by atomic mass is 9.47. The highest BCUT2D eigenvalue weighted by molar-refractivity contribution is 5.25. The Labute approximate surface area is 181 Å². The lowest BCUT2D eigenvalue weighted by molar-refractivity contribution is -0.0574. The summed E-state index contributed by atoms with van der Waals surface area (Å²) in [5.74, 6) is 6.24. The van der Waals surface area contributed by atoms with E-state index in [0.717, 1.165) is 54.3 Å². The van der Waals surface area contributed by atoms with E-state index in [2.05, 4.69) is 47.6 Å². The molecule has 1 N–H and O–H groups in total. The van der Waals surface area contributed by atoms with Crippen molar-refractivity contribution < 1.29 is 5.11 Å². The molecule has 0 aromatic carbocycles. The normalized spacial score (nSPS) is 46.5. The van der Waals surface area contributed by atoms with Gasteiger partial charge in [-0.15, -0.1) is 0 Å². The maximum atomic E-state index is 10.2. The molecule has 166 valence electrons. The molecule has 0 aromatic heterocycles. The summed E-state index contributed by atoms with van der Waals surface area (Å²) in [7, 11) is 0. The predicted molar refractivity (Wildman–Crippen MR) is 124 cm³/mol. The second kappa shape index (κ2) is 7.99. The molecule has 0 aliphatic heterocycles. The van der Waals surface area contributed by atoms with E-state index in [0.29, 0.717) is 10.8 Å². The Bertz CT molecular complexity index is 620. The van der Waals surface area contributed by atoms with Crippen LogP contribution in [0.15, 0.2) is 11.6 Å². The van der Waals surface area contributed by atoms with Gasteiger partial charge in [0, 0.05) is 0 Å². The summed E-state index contributed by atoms with van der Waals surface area (Å²) in [6.07, 6.45) is 15.7. The van der Waals surface area contributed by atoms with Crippen LogP contribution in [-0.2, 0) is 0 Å². The van der Waals surface area contributed by atoms with Gasteiger partial charge in [0.15, 0.2) is 0 Å². The number of rotatable bonds is 5. The van der Waals surface area contributed by atoms with Crippen LogP contribution in [0.25, 0.3) is 0 Å². The van der Waals surface area contributed by atoms with Crippen LogP contribution in [-0.4, -0.2) is 11.2 Å². The van der Waals surface area contributed by atoms with Gasteiger partial charge in [-0.3, -0.25) is 0 Å². The molecule has 3 saturated carbocycles. The fourth-order valence-electron chi connectivity index (χ4n) is 8.68. The minimum absolute atomic E-state index is 0.0790. The monoisotopic (exact) mass is 400 g/mol. The molecule has 29 heavy (non-hydrogen) atoms. The Morgan fingerprint density at radius 2 is 1.72 bits per heavy atom. The highest BCUT2D eigenvalue weighted by Gasteiger charge is 2.59. The zero-order valence-electron chi connectivity index (χ0n) is 20.2.